The van der Waals surface area contributed by atoms with Crippen molar-refractivity contribution in [1.29, 1.82) is 0 Å². The van der Waals surface area contributed by atoms with Crippen molar-refractivity contribution in [3.8, 4) is 11.6 Å². The molecule has 32 heavy (non-hydrogen) atoms. The summed E-state index contributed by atoms with van der Waals surface area (Å²) in [5.74, 6) is 0.476. The van der Waals surface area contributed by atoms with Gasteiger partial charge in [-0.1, -0.05) is 35.5 Å². The van der Waals surface area contributed by atoms with E-state index in [4.69, 9.17) is 8.94 Å². The topological polar surface area (TPSA) is 98.2 Å². The number of benzene rings is 2. The summed E-state index contributed by atoms with van der Waals surface area (Å²) in [6.07, 6.45) is -2.85. The second kappa shape index (κ2) is 8.50. The number of nitrogens with zero attached hydrogens (tertiary/aromatic N) is 2. The molecular formula is C21H16F3N3O4S. The van der Waals surface area contributed by atoms with Gasteiger partial charge in [-0.15, -0.1) is 0 Å². The summed E-state index contributed by atoms with van der Waals surface area (Å²) in [7, 11) is -3.89. The molecule has 0 aliphatic heterocycles. The zero-order valence-corrected chi connectivity index (χ0v) is 17.2. The second-order valence-corrected chi connectivity index (χ2v) is 8.60. The molecule has 4 rings (SSSR count). The third kappa shape index (κ3) is 5.17. The molecule has 0 spiro atoms. The molecule has 0 fully saturated rings. The molecule has 7 nitrogen and oxygen atoms in total. The number of para-hydroxylation sites is 1. The Morgan fingerprint density at radius 2 is 1.72 bits per heavy atom. The lowest BCUT2D eigenvalue weighted by molar-refractivity contribution is -0.137. The Hall–Kier alpha value is -3.60. The third-order valence-corrected chi connectivity index (χ3v) is 5.72. The number of furan rings is 1. The van der Waals surface area contributed by atoms with Crippen LogP contribution in [0.25, 0.3) is 11.6 Å². The number of hydrogen-bond acceptors (Lipinski definition) is 6. The highest BCUT2D eigenvalue weighted by Gasteiger charge is 2.30. The molecule has 0 aliphatic rings. The van der Waals surface area contributed by atoms with Crippen LogP contribution in [0.1, 0.15) is 22.6 Å². The molecule has 4 aromatic rings. The molecule has 0 bridgehead atoms. The lowest BCUT2D eigenvalue weighted by Crippen LogP contribution is -2.16. The molecule has 2 aromatic carbocycles. The van der Waals surface area contributed by atoms with Crippen LogP contribution in [0, 0.1) is 0 Å². The van der Waals surface area contributed by atoms with E-state index in [9.17, 15) is 21.6 Å². The molecule has 11 heteroatoms. The van der Waals surface area contributed by atoms with Gasteiger partial charge in [-0.05, 0) is 41.5 Å². The van der Waals surface area contributed by atoms with Gasteiger partial charge in [0.2, 0.25) is 21.7 Å². The molecule has 0 aliphatic carbocycles. The standard InChI is InChI=1S/C21H16F3N3O4S/c22-21(23,24)16-9-7-14(8-10-16)13-32(28,29)27-17-5-2-1-4-15(17)12-19-25-20(26-31-19)18-6-3-11-30-18/h1-11,27H,12-13H2. The summed E-state index contributed by atoms with van der Waals surface area (Å²) >= 11 is 0. The van der Waals surface area contributed by atoms with E-state index >= 15 is 0 Å². The molecule has 0 saturated heterocycles. The van der Waals surface area contributed by atoms with E-state index in [-0.39, 0.29) is 23.7 Å². The van der Waals surface area contributed by atoms with Gasteiger partial charge in [0.15, 0.2) is 5.76 Å². The van der Waals surface area contributed by atoms with Crippen LogP contribution in [0.4, 0.5) is 18.9 Å². The summed E-state index contributed by atoms with van der Waals surface area (Å²) in [5.41, 5.74) is 0.267. The number of hydrogen-bond donors (Lipinski definition) is 1. The first-order valence-electron chi connectivity index (χ1n) is 9.31. The van der Waals surface area contributed by atoms with E-state index in [1.54, 1.807) is 36.4 Å². The van der Waals surface area contributed by atoms with E-state index in [0.717, 1.165) is 24.3 Å². The molecule has 1 N–H and O–H groups in total. The maximum absolute atomic E-state index is 12.7. The van der Waals surface area contributed by atoms with Gasteiger partial charge in [0.05, 0.1) is 29.7 Å². The van der Waals surface area contributed by atoms with E-state index in [1.165, 1.54) is 6.26 Å². The molecule has 0 radical (unpaired) electrons. The minimum absolute atomic E-state index is 0.159. The van der Waals surface area contributed by atoms with Crippen molar-refractivity contribution in [2.75, 3.05) is 4.72 Å². The number of aromatic nitrogens is 2. The molecular weight excluding hydrogens is 447 g/mol. The van der Waals surface area contributed by atoms with Gasteiger partial charge in [-0.25, -0.2) is 8.42 Å². The molecule has 2 heterocycles. The van der Waals surface area contributed by atoms with Crippen molar-refractivity contribution in [1.82, 2.24) is 10.1 Å². The summed E-state index contributed by atoms with van der Waals surface area (Å²) in [5, 5.41) is 3.84. The normalized spacial score (nSPS) is 12.1. The summed E-state index contributed by atoms with van der Waals surface area (Å²) < 4.78 is 76.2. The molecule has 0 atom stereocenters. The molecule has 2 aromatic heterocycles. The van der Waals surface area contributed by atoms with Crippen molar-refractivity contribution in [3.05, 3.63) is 89.5 Å². The SMILES string of the molecule is O=S(=O)(Cc1ccc(C(F)(F)F)cc1)Nc1ccccc1Cc1nc(-c2ccco2)no1. The fourth-order valence-electron chi connectivity index (χ4n) is 2.98. The number of rotatable bonds is 7. The smallest absolute Gasteiger partial charge is 0.416 e. The van der Waals surface area contributed by atoms with Gasteiger partial charge < -0.3 is 8.94 Å². The van der Waals surface area contributed by atoms with Crippen LogP contribution in [-0.4, -0.2) is 18.6 Å². The fourth-order valence-corrected chi connectivity index (χ4v) is 4.22. The van der Waals surface area contributed by atoms with Crippen molar-refractivity contribution < 1.29 is 30.5 Å². The first kappa shape index (κ1) is 21.6. The minimum atomic E-state index is -4.49. The zero-order valence-electron chi connectivity index (χ0n) is 16.3. The average Bonchev–Trinajstić information content (AvgIpc) is 3.40. The van der Waals surface area contributed by atoms with Crippen LogP contribution in [-0.2, 0) is 28.4 Å². The van der Waals surface area contributed by atoms with Gasteiger partial charge in [0.1, 0.15) is 0 Å². The third-order valence-electron chi connectivity index (χ3n) is 4.47. The molecule has 166 valence electrons. The predicted octanol–water partition coefficient (Wildman–Crippen LogP) is 4.88. The first-order chi connectivity index (χ1) is 15.2. The Bertz CT molecular complexity index is 1300. The summed E-state index contributed by atoms with van der Waals surface area (Å²) in [6, 6.07) is 14.0. The van der Waals surface area contributed by atoms with Crippen LogP contribution >= 0.6 is 0 Å². The van der Waals surface area contributed by atoms with E-state index in [2.05, 4.69) is 14.9 Å². The first-order valence-corrected chi connectivity index (χ1v) is 11.0. The second-order valence-electron chi connectivity index (χ2n) is 6.88. The van der Waals surface area contributed by atoms with Gasteiger partial charge in [0, 0.05) is 0 Å². The highest BCUT2D eigenvalue weighted by molar-refractivity contribution is 7.91. The number of sulfonamides is 1. The molecule has 0 unspecified atom stereocenters. The maximum atomic E-state index is 12.7. The summed E-state index contributed by atoms with van der Waals surface area (Å²) in [6.45, 7) is 0. The van der Waals surface area contributed by atoms with Crippen molar-refractivity contribution in [2.24, 2.45) is 0 Å². The Morgan fingerprint density at radius 3 is 2.41 bits per heavy atom. The van der Waals surface area contributed by atoms with Crippen molar-refractivity contribution >= 4 is 15.7 Å². The van der Waals surface area contributed by atoms with Crippen LogP contribution in [0.3, 0.4) is 0 Å². The Kier molecular flexibility index (Phi) is 5.74. The average molecular weight is 463 g/mol. The number of nitrogens with one attached hydrogen (secondary N) is 1. The van der Waals surface area contributed by atoms with Crippen LogP contribution < -0.4 is 4.72 Å². The Balaban J connectivity index is 1.49. The van der Waals surface area contributed by atoms with E-state index in [0.29, 0.717) is 17.0 Å². The summed E-state index contributed by atoms with van der Waals surface area (Å²) in [4.78, 5) is 4.24. The fraction of sp³-hybridized carbons (Fsp3) is 0.143. The number of halogens is 3. The van der Waals surface area contributed by atoms with Crippen LogP contribution in [0.2, 0.25) is 0 Å². The van der Waals surface area contributed by atoms with E-state index < -0.39 is 27.5 Å². The Morgan fingerprint density at radius 1 is 0.969 bits per heavy atom. The van der Waals surface area contributed by atoms with Gasteiger partial charge in [-0.2, -0.15) is 18.2 Å². The Labute approximate surface area is 180 Å². The van der Waals surface area contributed by atoms with Crippen molar-refractivity contribution in [3.63, 3.8) is 0 Å². The minimum Gasteiger partial charge on any atom is -0.461 e. The van der Waals surface area contributed by atoms with Gasteiger partial charge in [-0.3, -0.25) is 4.72 Å². The molecule has 0 saturated carbocycles. The predicted molar refractivity (Wildman–Crippen MR) is 109 cm³/mol. The highest BCUT2D eigenvalue weighted by atomic mass is 32.2. The van der Waals surface area contributed by atoms with Gasteiger partial charge in [0.25, 0.3) is 0 Å². The van der Waals surface area contributed by atoms with Crippen molar-refractivity contribution in [2.45, 2.75) is 18.3 Å². The van der Waals surface area contributed by atoms with Crippen LogP contribution in [0.5, 0.6) is 0 Å². The number of alkyl halides is 3. The van der Waals surface area contributed by atoms with Gasteiger partial charge >= 0.3 is 6.18 Å². The van der Waals surface area contributed by atoms with Crippen LogP contribution in [0.15, 0.2) is 75.9 Å². The highest BCUT2D eigenvalue weighted by Crippen LogP contribution is 2.29. The lowest BCUT2D eigenvalue weighted by Gasteiger charge is -2.12. The van der Waals surface area contributed by atoms with E-state index in [1.807, 2.05) is 0 Å². The number of anilines is 1. The maximum Gasteiger partial charge on any atom is 0.416 e. The lowest BCUT2D eigenvalue weighted by atomic mass is 10.1. The molecule has 0 amide bonds. The monoisotopic (exact) mass is 463 g/mol. The quantitative estimate of drug-likeness (QED) is 0.419. The largest absolute Gasteiger partial charge is 0.461 e. The zero-order chi connectivity index (χ0) is 22.8.